The van der Waals surface area contributed by atoms with Crippen LogP contribution in [0.25, 0.3) is 17.0 Å². The van der Waals surface area contributed by atoms with E-state index in [-0.39, 0.29) is 17.7 Å². The van der Waals surface area contributed by atoms with Gasteiger partial charge in [0.25, 0.3) is 5.56 Å². The predicted molar refractivity (Wildman–Crippen MR) is 120 cm³/mol. The number of aromatic amines is 2. The minimum absolute atomic E-state index is 0.132. The Hall–Kier alpha value is -4.34. The fraction of sp³-hybridized carbons (Fsp3) is 0.217. The van der Waals surface area contributed by atoms with Crippen LogP contribution in [-0.2, 0) is 9.59 Å². The number of ether oxygens (including phenoxy) is 2. The van der Waals surface area contributed by atoms with Crippen molar-refractivity contribution >= 4 is 28.5 Å². The van der Waals surface area contributed by atoms with E-state index < -0.39 is 23.3 Å². The van der Waals surface area contributed by atoms with E-state index in [4.69, 9.17) is 9.47 Å². The summed E-state index contributed by atoms with van der Waals surface area (Å²) < 4.78 is 11.8. The Balaban J connectivity index is 1.56. The lowest BCUT2D eigenvalue weighted by Gasteiger charge is -2.18. The second-order valence-corrected chi connectivity index (χ2v) is 7.73. The van der Waals surface area contributed by atoms with Gasteiger partial charge in [0, 0.05) is 18.2 Å². The zero-order valence-corrected chi connectivity index (χ0v) is 18.2. The lowest BCUT2D eigenvalue weighted by Crippen LogP contribution is -2.31. The molecule has 1 fully saturated rings. The fourth-order valence-corrected chi connectivity index (χ4v) is 4.25. The highest BCUT2D eigenvalue weighted by Gasteiger charge is 2.44. The number of carbonyl (C=O) groups excluding carboxylic acids is 2. The number of hydrogen-bond acceptors (Lipinski definition) is 6. The molecule has 5 rings (SSSR count). The summed E-state index contributed by atoms with van der Waals surface area (Å²) in [6.45, 7) is 1.70. The molecule has 2 aromatic carbocycles. The van der Waals surface area contributed by atoms with Gasteiger partial charge >= 0.3 is 0 Å². The number of H-pyrrole nitrogens is 2. The molecule has 3 heterocycles. The van der Waals surface area contributed by atoms with Crippen molar-refractivity contribution in [1.29, 1.82) is 0 Å². The summed E-state index contributed by atoms with van der Waals surface area (Å²) >= 11 is 0. The molecule has 10 heteroatoms. The number of aryl methyl sites for hydroxylation is 1. The number of imidazole rings is 1. The number of amides is 2. The molecule has 1 aliphatic heterocycles. The Morgan fingerprint density at radius 3 is 2.58 bits per heavy atom. The smallest absolute Gasteiger partial charge is 0.278 e. The van der Waals surface area contributed by atoms with Crippen LogP contribution >= 0.6 is 0 Å². The predicted octanol–water partition coefficient (Wildman–Crippen LogP) is 2.41. The third-order valence-electron chi connectivity index (χ3n) is 5.83. The molecule has 33 heavy (non-hydrogen) atoms. The number of benzene rings is 2. The molecule has 0 radical (unpaired) electrons. The maximum absolute atomic E-state index is 13.4. The first kappa shape index (κ1) is 20.6. The van der Waals surface area contributed by atoms with Crippen LogP contribution in [0.5, 0.6) is 11.5 Å². The van der Waals surface area contributed by atoms with Crippen LogP contribution in [0.1, 0.15) is 23.6 Å². The van der Waals surface area contributed by atoms with Crippen LogP contribution in [-0.4, -0.2) is 45.8 Å². The van der Waals surface area contributed by atoms with Gasteiger partial charge in [-0.2, -0.15) is 4.68 Å². The molecule has 4 aromatic rings. The van der Waals surface area contributed by atoms with Crippen LogP contribution in [0, 0.1) is 6.92 Å². The molecule has 10 nitrogen and oxygen atoms in total. The van der Waals surface area contributed by atoms with Crippen molar-refractivity contribution in [3.63, 3.8) is 0 Å². The maximum atomic E-state index is 13.4. The van der Waals surface area contributed by atoms with Crippen molar-refractivity contribution in [2.24, 2.45) is 0 Å². The largest absolute Gasteiger partial charge is 0.497 e. The Kier molecular flexibility index (Phi) is 4.77. The average molecular weight is 447 g/mol. The summed E-state index contributed by atoms with van der Waals surface area (Å²) in [6.07, 6.45) is -0.132. The molecule has 0 bridgehead atoms. The van der Waals surface area contributed by atoms with Gasteiger partial charge in [-0.15, -0.1) is 0 Å². The van der Waals surface area contributed by atoms with Crippen molar-refractivity contribution in [3.8, 4) is 17.4 Å². The van der Waals surface area contributed by atoms with Crippen LogP contribution in [0.4, 0.5) is 5.69 Å². The Morgan fingerprint density at radius 2 is 1.85 bits per heavy atom. The number of carbonyl (C=O) groups is 2. The third kappa shape index (κ3) is 3.18. The number of methoxy groups -OCH3 is 2. The first-order valence-electron chi connectivity index (χ1n) is 10.3. The number of hydrogen-bond donors (Lipinski definition) is 2. The van der Waals surface area contributed by atoms with Crippen molar-refractivity contribution in [2.45, 2.75) is 19.3 Å². The number of anilines is 1. The van der Waals surface area contributed by atoms with Crippen LogP contribution in [0.15, 0.2) is 47.3 Å². The van der Waals surface area contributed by atoms with E-state index >= 15 is 0 Å². The zero-order chi connectivity index (χ0) is 23.3. The number of rotatable bonds is 5. The average Bonchev–Trinajstić information content (AvgIpc) is 3.46. The van der Waals surface area contributed by atoms with Crippen LogP contribution in [0.2, 0.25) is 0 Å². The first-order chi connectivity index (χ1) is 15.9. The Labute approximate surface area is 187 Å². The lowest BCUT2D eigenvalue weighted by molar-refractivity contribution is -0.121. The minimum atomic E-state index is -0.928. The number of imide groups is 1. The SMILES string of the molecule is COc1ccc(OC)c(N2C(=O)C[C@@H](c3c(C)[nH]n(-c4nc5ccccc5[nH]4)c3=O)C2=O)c1. The van der Waals surface area contributed by atoms with E-state index in [0.29, 0.717) is 28.7 Å². The molecule has 2 N–H and O–H groups in total. The van der Waals surface area contributed by atoms with Gasteiger partial charge in [0.05, 0.1) is 42.4 Å². The van der Waals surface area contributed by atoms with Gasteiger partial charge in [-0.1, -0.05) is 12.1 Å². The van der Waals surface area contributed by atoms with Crippen molar-refractivity contribution in [1.82, 2.24) is 19.7 Å². The summed E-state index contributed by atoms with van der Waals surface area (Å²) in [5.41, 5.74) is 2.05. The van der Waals surface area contributed by atoms with E-state index in [1.807, 2.05) is 24.3 Å². The van der Waals surface area contributed by atoms with Crippen molar-refractivity contribution in [2.75, 3.05) is 19.1 Å². The van der Waals surface area contributed by atoms with E-state index in [1.54, 1.807) is 25.1 Å². The highest BCUT2D eigenvalue weighted by molar-refractivity contribution is 6.23. The molecule has 0 unspecified atom stereocenters. The monoisotopic (exact) mass is 447 g/mol. The van der Waals surface area contributed by atoms with Gasteiger partial charge in [0.1, 0.15) is 11.5 Å². The normalized spacial score (nSPS) is 16.1. The molecule has 1 aliphatic rings. The van der Waals surface area contributed by atoms with Gasteiger partial charge in [-0.05, 0) is 31.2 Å². The second kappa shape index (κ2) is 7.66. The van der Waals surface area contributed by atoms with Crippen LogP contribution < -0.4 is 19.9 Å². The van der Waals surface area contributed by atoms with Gasteiger partial charge in [0.2, 0.25) is 17.8 Å². The van der Waals surface area contributed by atoms with Gasteiger partial charge in [-0.25, -0.2) is 9.88 Å². The molecule has 2 amide bonds. The topological polar surface area (TPSA) is 122 Å². The van der Waals surface area contributed by atoms with Gasteiger partial charge < -0.3 is 14.5 Å². The van der Waals surface area contributed by atoms with E-state index in [1.165, 1.54) is 18.9 Å². The Bertz CT molecular complexity index is 1430. The molecular weight excluding hydrogens is 426 g/mol. The third-order valence-corrected chi connectivity index (χ3v) is 5.83. The minimum Gasteiger partial charge on any atom is -0.497 e. The molecule has 2 aromatic heterocycles. The molecular formula is C23H21N5O5. The van der Waals surface area contributed by atoms with Crippen molar-refractivity contribution < 1.29 is 19.1 Å². The molecule has 0 aliphatic carbocycles. The number of para-hydroxylation sites is 2. The highest BCUT2D eigenvalue weighted by Crippen LogP contribution is 2.39. The molecule has 1 saturated heterocycles. The maximum Gasteiger partial charge on any atom is 0.278 e. The number of nitrogens with zero attached hydrogens (tertiary/aromatic N) is 3. The summed E-state index contributed by atoms with van der Waals surface area (Å²) in [4.78, 5) is 48.2. The van der Waals surface area contributed by atoms with Crippen LogP contribution in [0.3, 0.4) is 0 Å². The fourth-order valence-electron chi connectivity index (χ4n) is 4.25. The molecule has 0 spiro atoms. The van der Waals surface area contributed by atoms with Crippen molar-refractivity contribution in [3.05, 3.63) is 64.1 Å². The first-order valence-corrected chi connectivity index (χ1v) is 10.3. The van der Waals surface area contributed by atoms with Gasteiger partial charge in [0.15, 0.2) is 0 Å². The van der Waals surface area contributed by atoms with E-state index in [0.717, 1.165) is 10.4 Å². The van der Waals surface area contributed by atoms with E-state index in [2.05, 4.69) is 15.1 Å². The quantitative estimate of drug-likeness (QED) is 0.453. The summed E-state index contributed by atoms with van der Waals surface area (Å²) in [7, 11) is 2.95. The summed E-state index contributed by atoms with van der Waals surface area (Å²) in [5, 5.41) is 2.98. The Morgan fingerprint density at radius 1 is 1.06 bits per heavy atom. The number of nitrogens with one attached hydrogen (secondary N) is 2. The van der Waals surface area contributed by atoms with Gasteiger partial charge in [-0.3, -0.25) is 19.5 Å². The molecule has 168 valence electrons. The standard InChI is InChI=1S/C23H21N5O5/c1-12-20(22(31)28(26-12)23-24-15-6-4-5-7-16(15)25-23)14-11-19(29)27(21(14)30)17-10-13(32-2)8-9-18(17)33-3/h4-10,14,26H,11H2,1-3H3,(H,24,25)/t14-/m0/s1. The second-order valence-electron chi connectivity index (χ2n) is 7.73. The van der Waals surface area contributed by atoms with E-state index in [9.17, 15) is 14.4 Å². The summed E-state index contributed by atoms with van der Waals surface area (Å²) in [6, 6.07) is 12.3. The molecule has 1 atom stereocenters. The zero-order valence-electron chi connectivity index (χ0n) is 18.2. The number of aromatic nitrogens is 4. The number of fused-ring (bicyclic) bond motifs is 1. The molecule has 0 saturated carbocycles. The highest BCUT2D eigenvalue weighted by atomic mass is 16.5. The lowest BCUT2D eigenvalue weighted by atomic mass is 9.98. The summed E-state index contributed by atoms with van der Waals surface area (Å²) in [5.74, 6) is -0.723.